The van der Waals surface area contributed by atoms with Crippen molar-refractivity contribution in [3.05, 3.63) is 45.7 Å². The molecule has 0 aliphatic rings. The number of nitrogens with one attached hydrogen (secondary N) is 2. The van der Waals surface area contributed by atoms with E-state index in [9.17, 15) is 13.2 Å². The lowest BCUT2D eigenvalue weighted by Gasteiger charge is -2.04. The van der Waals surface area contributed by atoms with E-state index >= 15 is 0 Å². The van der Waals surface area contributed by atoms with E-state index in [4.69, 9.17) is 0 Å². The zero-order valence-corrected chi connectivity index (χ0v) is 10.6. The van der Waals surface area contributed by atoms with Gasteiger partial charge in [-0.2, -0.15) is 0 Å². The van der Waals surface area contributed by atoms with Crippen molar-refractivity contribution >= 4 is 27.0 Å². The quantitative estimate of drug-likeness (QED) is 0.888. The summed E-state index contributed by atoms with van der Waals surface area (Å²) in [6.45, 7) is 1.84. The van der Waals surface area contributed by atoms with E-state index in [-0.39, 0.29) is 9.77 Å². The topological polar surface area (TPSA) is 79.0 Å². The molecule has 17 heavy (non-hydrogen) atoms. The summed E-state index contributed by atoms with van der Waals surface area (Å²) in [5, 5.41) is 0. The van der Waals surface area contributed by atoms with Crippen LogP contribution >= 0.6 is 11.3 Å². The van der Waals surface area contributed by atoms with Crippen molar-refractivity contribution < 1.29 is 8.42 Å². The second-order valence-electron chi connectivity index (χ2n) is 3.41. The van der Waals surface area contributed by atoms with E-state index in [1.54, 1.807) is 12.1 Å². The van der Waals surface area contributed by atoms with Crippen LogP contribution in [0.4, 0.5) is 5.69 Å². The third kappa shape index (κ3) is 2.75. The minimum Gasteiger partial charge on any atom is -0.327 e. The lowest BCUT2D eigenvalue weighted by Crippen LogP contribution is -2.13. The number of sulfonamides is 1. The Kier molecular flexibility index (Phi) is 3.03. The largest absolute Gasteiger partial charge is 0.327 e. The molecular weight excluding hydrogens is 260 g/mol. The summed E-state index contributed by atoms with van der Waals surface area (Å²) in [5.41, 5.74) is 0.0515. The molecule has 0 atom stereocenters. The molecule has 2 N–H and O–H groups in total. The summed E-state index contributed by atoms with van der Waals surface area (Å²) in [4.78, 5) is 14.2. The van der Waals surface area contributed by atoms with E-state index in [0.717, 1.165) is 4.88 Å². The van der Waals surface area contributed by atoms with Gasteiger partial charge in [0.2, 0.25) is 5.56 Å². The Morgan fingerprint density at radius 1 is 1.24 bits per heavy atom. The number of pyridine rings is 1. The number of aryl methyl sites for hydroxylation is 1. The molecule has 0 aromatic carbocycles. The Labute approximate surface area is 102 Å². The molecule has 2 aromatic rings. The van der Waals surface area contributed by atoms with E-state index < -0.39 is 10.0 Å². The Balaban J connectivity index is 2.29. The van der Waals surface area contributed by atoms with Crippen LogP contribution in [-0.4, -0.2) is 13.4 Å². The maximum atomic E-state index is 11.9. The smallest absolute Gasteiger partial charge is 0.271 e. The van der Waals surface area contributed by atoms with Crippen LogP contribution in [0.3, 0.4) is 0 Å². The summed E-state index contributed by atoms with van der Waals surface area (Å²) >= 11 is 1.19. The van der Waals surface area contributed by atoms with Crippen molar-refractivity contribution in [1.82, 2.24) is 4.98 Å². The normalized spacial score (nSPS) is 11.4. The fourth-order valence-electron chi connectivity index (χ4n) is 1.24. The number of rotatable bonds is 3. The van der Waals surface area contributed by atoms with Gasteiger partial charge in [-0.3, -0.25) is 9.52 Å². The Bertz CT molecular complexity index is 665. The highest BCUT2D eigenvalue weighted by molar-refractivity contribution is 7.94. The van der Waals surface area contributed by atoms with Gasteiger partial charge in [-0.25, -0.2) is 8.42 Å². The molecule has 90 valence electrons. The van der Waals surface area contributed by atoms with Gasteiger partial charge in [0, 0.05) is 17.1 Å². The van der Waals surface area contributed by atoms with Crippen LogP contribution in [0.2, 0.25) is 0 Å². The van der Waals surface area contributed by atoms with Gasteiger partial charge in [0.05, 0.1) is 5.69 Å². The Morgan fingerprint density at radius 3 is 2.53 bits per heavy atom. The number of aromatic nitrogens is 1. The number of H-pyrrole nitrogens is 1. The van der Waals surface area contributed by atoms with Gasteiger partial charge < -0.3 is 4.98 Å². The highest BCUT2D eigenvalue weighted by Crippen LogP contribution is 2.22. The molecule has 5 nitrogen and oxygen atoms in total. The SMILES string of the molecule is Cc1ccc(S(=O)(=O)Nc2ccc(=O)[nH]c2)s1. The van der Waals surface area contributed by atoms with Crippen molar-refractivity contribution in [3.8, 4) is 0 Å². The summed E-state index contributed by atoms with van der Waals surface area (Å²) in [6.07, 6.45) is 1.32. The predicted octanol–water partition coefficient (Wildman–Crippen LogP) is 1.55. The maximum Gasteiger partial charge on any atom is 0.271 e. The van der Waals surface area contributed by atoms with Gasteiger partial charge in [0.15, 0.2) is 0 Å². The molecule has 7 heteroatoms. The maximum absolute atomic E-state index is 11.9. The van der Waals surface area contributed by atoms with Crippen LogP contribution in [-0.2, 0) is 10.0 Å². The molecule has 2 rings (SSSR count). The number of anilines is 1. The molecule has 2 heterocycles. The van der Waals surface area contributed by atoms with Crippen molar-refractivity contribution in [1.29, 1.82) is 0 Å². The molecule has 0 radical (unpaired) electrons. The second kappa shape index (κ2) is 4.34. The van der Waals surface area contributed by atoms with Crippen LogP contribution in [0.1, 0.15) is 4.88 Å². The van der Waals surface area contributed by atoms with Crippen molar-refractivity contribution in [3.63, 3.8) is 0 Å². The summed E-state index contributed by atoms with van der Waals surface area (Å²) in [5.74, 6) is 0. The minimum atomic E-state index is -3.56. The fourth-order valence-corrected chi connectivity index (χ4v) is 3.57. The Morgan fingerprint density at radius 2 is 2.00 bits per heavy atom. The molecule has 0 saturated heterocycles. The van der Waals surface area contributed by atoms with Gasteiger partial charge in [0.1, 0.15) is 4.21 Å². The molecule has 0 saturated carbocycles. The first-order valence-electron chi connectivity index (χ1n) is 4.75. The van der Waals surface area contributed by atoms with Gasteiger partial charge >= 0.3 is 0 Å². The molecule has 2 aromatic heterocycles. The first-order chi connectivity index (χ1) is 7.97. The Hall–Kier alpha value is -1.60. The third-order valence-electron chi connectivity index (χ3n) is 2.02. The highest BCUT2D eigenvalue weighted by atomic mass is 32.2. The van der Waals surface area contributed by atoms with E-state index in [1.165, 1.54) is 29.7 Å². The van der Waals surface area contributed by atoms with Gasteiger partial charge in [-0.15, -0.1) is 11.3 Å². The number of hydrogen-bond acceptors (Lipinski definition) is 4. The summed E-state index contributed by atoms with van der Waals surface area (Å²) in [7, 11) is -3.56. The lowest BCUT2D eigenvalue weighted by atomic mass is 10.4. The van der Waals surface area contributed by atoms with Crippen LogP contribution in [0, 0.1) is 6.92 Å². The van der Waals surface area contributed by atoms with Gasteiger partial charge in [-0.1, -0.05) is 0 Å². The fraction of sp³-hybridized carbons (Fsp3) is 0.100. The molecule has 0 aliphatic carbocycles. The van der Waals surface area contributed by atoms with Crippen LogP contribution in [0.5, 0.6) is 0 Å². The standard InChI is InChI=1S/C10H10N2O3S2/c1-7-2-5-10(16-7)17(14,15)12-8-3-4-9(13)11-6-8/h2-6,12H,1H3,(H,11,13). The van der Waals surface area contributed by atoms with Crippen LogP contribution < -0.4 is 10.3 Å². The number of thiophene rings is 1. The molecule has 0 unspecified atom stereocenters. The second-order valence-corrected chi connectivity index (χ2v) is 6.61. The summed E-state index contributed by atoms with van der Waals surface area (Å²) < 4.78 is 26.5. The molecule has 0 amide bonds. The molecule has 0 spiro atoms. The first-order valence-corrected chi connectivity index (χ1v) is 7.05. The van der Waals surface area contributed by atoms with Gasteiger partial charge in [-0.05, 0) is 25.1 Å². The predicted molar refractivity (Wildman–Crippen MR) is 66.9 cm³/mol. The first kappa shape index (κ1) is 11.9. The van der Waals surface area contributed by atoms with E-state index in [2.05, 4.69) is 9.71 Å². The van der Waals surface area contributed by atoms with Crippen molar-refractivity contribution in [2.45, 2.75) is 11.1 Å². The average Bonchev–Trinajstić information content (AvgIpc) is 2.69. The van der Waals surface area contributed by atoms with Crippen molar-refractivity contribution in [2.24, 2.45) is 0 Å². The monoisotopic (exact) mass is 270 g/mol. The van der Waals surface area contributed by atoms with Crippen LogP contribution in [0.25, 0.3) is 0 Å². The van der Waals surface area contributed by atoms with Crippen molar-refractivity contribution in [2.75, 3.05) is 4.72 Å². The molecule has 0 aliphatic heterocycles. The zero-order valence-electron chi connectivity index (χ0n) is 8.93. The lowest BCUT2D eigenvalue weighted by molar-refractivity contribution is 0.603. The molecular formula is C10H10N2O3S2. The number of aromatic amines is 1. The number of hydrogen-bond donors (Lipinski definition) is 2. The highest BCUT2D eigenvalue weighted by Gasteiger charge is 2.15. The molecule has 0 fully saturated rings. The minimum absolute atomic E-state index is 0.251. The van der Waals surface area contributed by atoms with E-state index in [1.807, 2.05) is 6.92 Å². The van der Waals surface area contributed by atoms with E-state index in [0.29, 0.717) is 5.69 Å². The van der Waals surface area contributed by atoms with Gasteiger partial charge in [0.25, 0.3) is 10.0 Å². The average molecular weight is 270 g/mol. The third-order valence-corrected chi connectivity index (χ3v) is 4.89. The van der Waals surface area contributed by atoms with Crippen LogP contribution in [0.15, 0.2) is 39.5 Å². The molecule has 0 bridgehead atoms. The zero-order chi connectivity index (χ0) is 12.5. The summed E-state index contributed by atoms with van der Waals surface area (Å²) in [6, 6.07) is 5.97.